The summed E-state index contributed by atoms with van der Waals surface area (Å²) in [6, 6.07) is 21.1. The first-order chi connectivity index (χ1) is 15.0. The summed E-state index contributed by atoms with van der Waals surface area (Å²) < 4.78 is 5.99. The molecule has 0 saturated heterocycles. The number of nitrogens with zero attached hydrogens (tertiary/aromatic N) is 1. The Morgan fingerprint density at radius 3 is 2.61 bits per heavy atom. The first kappa shape index (κ1) is 22.7. The van der Waals surface area contributed by atoms with Gasteiger partial charge in [0.05, 0.1) is 11.4 Å². The van der Waals surface area contributed by atoms with Crippen molar-refractivity contribution in [3.63, 3.8) is 0 Å². The first-order valence-electron chi connectivity index (χ1n) is 10.2. The fourth-order valence-corrected chi connectivity index (χ4v) is 3.06. The Labute approximate surface area is 188 Å². The number of aryl methyl sites for hydroxylation is 1. The maximum atomic E-state index is 12.7. The number of nitrogens with one attached hydrogen (secondary N) is 2. The molecule has 0 saturated carbocycles. The van der Waals surface area contributed by atoms with Crippen molar-refractivity contribution in [1.29, 1.82) is 0 Å². The van der Waals surface area contributed by atoms with Gasteiger partial charge in [0, 0.05) is 29.6 Å². The van der Waals surface area contributed by atoms with Crippen molar-refractivity contribution in [3.05, 3.63) is 72.3 Å². The zero-order valence-electron chi connectivity index (χ0n) is 17.7. The number of hydrogen-bond acceptors (Lipinski definition) is 6. The van der Waals surface area contributed by atoms with Crippen LogP contribution in [0.2, 0.25) is 0 Å². The predicted molar refractivity (Wildman–Crippen MR) is 130 cm³/mol. The molecule has 0 radical (unpaired) electrons. The molecule has 3 aromatic rings. The molecule has 1 amide bonds. The van der Waals surface area contributed by atoms with Gasteiger partial charge in [0.25, 0.3) is 5.91 Å². The zero-order valence-corrected chi connectivity index (χ0v) is 18.6. The maximum Gasteiger partial charge on any atom is 0.265 e. The van der Waals surface area contributed by atoms with Crippen LogP contribution < -0.4 is 21.1 Å². The number of anilines is 2. The van der Waals surface area contributed by atoms with Crippen LogP contribution in [0.5, 0.6) is 5.88 Å². The summed E-state index contributed by atoms with van der Waals surface area (Å²) >= 11 is 4.22. The number of nitrogens with two attached hydrogens (primary N) is 1. The summed E-state index contributed by atoms with van der Waals surface area (Å²) in [5, 5.41) is 6.14. The van der Waals surface area contributed by atoms with Gasteiger partial charge in [-0.2, -0.15) is 12.6 Å². The third kappa shape index (κ3) is 6.47. The minimum atomic E-state index is -0.752. The van der Waals surface area contributed by atoms with Gasteiger partial charge in [-0.05, 0) is 43.7 Å². The van der Waals surface area contributed by atoms with Crippen molar-refractivity contribution in [2.24, 2.45) is 5.73 Å². The molecule has 162 valence electrons. The average Bonchev–Trinajstić information content (AvgIpc) is 2.78. The van der Waals surface area contributed by atoms with Crippen molar-refractivity contribution in [3.8, 4) is 17.1 Å². The number of aromatic nitrogens is 1. The van der Waals surface area contributed by atoms with Crippen LogP contribution in [0.1, 0.15) is 12.5 Å². The Balaban J connectivity index is 1.80. The van der Waals surface area contributed by atoms with E-state index < -0.39 is 6.10 Å². The van der Waals surface area contributed by atoms with Crippen LogP contribution in [0.25, 0.3) is 11.3 Å². The summed E-state index contributed by atoms with van der Waals surface area (Å²) in [5.41, 5.74) is 10.2. The molecule has 2 aromatic carbocycles. The van der Waals surface area contributed by atoms with Crippen LogP contribution in [-0.4, -0.2) is 35.3 Å². The van der Waals surface area contributed by atoms with Crippen molar-refractivity contribution in [1.82, 2.24) is 4.98 Å². The lowest BCUT2D eigenvalue weighted by Gasteiger charge is -2.19. The molecule has 6 nitrogen and oxygen atoms in total. The van der Waals surface area contributed by atoms with E-state index in [1.165, 1.54) is 0 Å². The van der Waals surface area contributed by atoms with Gasteiger partial charge in [-0.25, -0.2) is 4.98 Å². The molecule has 7 heteroatoms. The van der Waals surface area contributed by atoms with Crippen LogP contribution >= 0.6 is 12.6 Å². The van der Waals surface area contributed by atoms with E-state index in [9.17, 15) is 4.79 Å². The molecule has 2 unspecified atom stereocenters. The quantitative estimate of drug-likeness (QED) is 0.379. The van der Waals surface area contributed by atoms with Gasteiger partial charge in [-0.3, -0.25) is 4.79 Å². The summed E-state index contributed by atoms with van der Waals surface area (Å²) in [7, 11) is 0. The Kier molecular flexibility index (Phi) is 7.92. The molecule has 1 aromatic heterocycles. The maximum absolute atomic E-state index is 12.7. The number of hydrogen-bond donors (Lipinski definition) is 4. The molecule has 0 fully saturated rings. The van der Waals surface area contributed by atoms with E-state index in [0.29, 0.717) is 23.9 Å². The highest BCUT2D eigenvalue weighted by atomic mass is 32.1. The lowest BCUT2D eigenvalue weighted by molar-refractivity contribution is -0.122. The van der Waals surface area contributed by atoms with Gasteiger partial charge in [0.1, 0.15) is 0 Å². The summed E-state index contributed by atoms with van der Waals surface area (Å²) in [5.74, 6) is 0.642. The van der Waals surface area contributed by atoms with E-state index in [4.69, 9.17) is 10.5 Å². The number of carbonyl (C=O) groups excluding carboxylic acids is 1. The van der Waals surface area contributed by atoms with Gasteiger partial charge in [0.2, 0.25) is 5.88 Å². The highest BCUT2D eigenvalue weighted by Crippen LogP contribution is 2.28. The topological polar surface area (TPSA) is 89.3 Å². The smallest absolute Gasteiger partial charge is 0.265 e. The molecule has 0 aliphatic carbocycles. The lowest BCUT2D eigenvalue weighted by atomic mass is 10.1. The van der Waals surface area contributed by atoms with Crippen LogP contribution in [-0.2, 0) is 4.79 Å². The third-order valence-corrected chi connectivity index (χ3v) is 5.13. The Bertz CT molecular complexity index is 1010. The molecule has 3 rings (SSSR count). The minimum absolute atomic E-state index is 0.118. The van der Waals surface area contributed by atoms with Gasteiger partial charge < -0.3 is 21.1 Å². The molecular weight excluding hydrogens is 408 g/mol. The average molecular weight is 437 g/mol. The fraction of sp³-hybridized carbons (Fsp3) is 0.250. The van der Waals surface area contributed by atoms with E-state index in [2.05, 4.69) is 28.2 Å². The summed E-state index contributed by atoms with van der Waals surface area (Å²) in [6.45, 7) is 4.18. The number of pyridine rings is 1. The van der Waals surface area contributed by atoms with Crippen LogP contribution in [0.15, 0.2) is 66.7 Å². The van der Waals surface area contributed by atoms with Crippen molar-refractivity contribution in [2.75, 3.05) is 22.9 Å². The standard InChI is InChI=1S/C24H28N4O2S/c1-16-7-6-10-20(13-16)27-23(29)17(2)30-24-22(26-14-19(25)15-31)12-11-21(28-24)18-8-4-3-5-9-18/h3-13,17,19,26,31H,14-15,25H2,1-2H3,(H,27,29). The molecule has 0 aliphatic rings. The van der Waals surface area contributed by atoms with Crippen molar-refractivity contribution in [2.45, 2.75) is 26.0 Å². The van der Waals surface area contributed by atoms with E-state index in [1.54, 1.807) is 6.92 Å². The number of ether oxygens (including phenoxy) is 1. The zero-order chi connectivity index (χ0) is 22.2. The second kappa shape index (κ2) is 10.8. The molecule has 2 atom stereocenters. The molecule has 0 aliphatic heterocycles. The number of thiol groups is 1. The third-order valence-electron chi connectivity index (χ3n) is 4.66. The number of amides is 1. The number of rotatable bonds is 9. The largest absolute Gasteiger partial charge is 0.463 e. The first-order valence-corrected chi connectivity index (χ1v) is 10.8. The monoisotopic (exact) mass is 436 g/mol. The molecule has 0 bridgehead atoms. The predicted octanol–water partition coefficient (Wildman–Crippen LogP) is 4.13. The Morgan fingerprint density at radius 2 is 1.90 bits per heavy atom. The van der Waals surface area contributed by atoms with E-state index in [1.807, 2.05) is 73.7 Å². The van der Waals surface area contributed by atoms with Gasteiger partial charge in [-0.15, -0.1) is 0 Å². The molecular formula is C24H28N4O2S. The van der Waals surface area contributed by atoms with Crippen molar-refractivity contribution < 1.29 is 9.53 Å². The van der Waals surface area contributed by atoms with Crippen LogP contribution in [0.4, 0.5) is 11.4 Å². The number of carbonyl (C=O) groups is 1. The Hall–Kier alpha value is -3.03. The second-order valence-corrected chi connectivity index (χ2v) is 7.72. The minimum Gasteiger partial charge on any atom is -0.463 e. The SMILES string of the molecule is Cc1cccc(NC(=O)C(C)Oc2nc(-c3ccccc3)ccc2NCC(N)CS)c1. The number of benzene rings is 2. The lowest BCUT2D eigenvalue weighted by Crippen LogP contribution is -2.32. The van der Waals surface area contributed by atoms with Gasteiger partial charge in [-0.1, -0.05) is 42.5 Å². The highest BCUT2D eigenvalue weighted by molar-refractivity contribution is 7.80. The van der Waals surface area contributed by atoms with Crippen LogP contribution in [0.3, 0.4) is 0 Å². The van der Waals surface area contributed by atoms with E-state index in [0.717, 1.165) is 22.5 Å². The second-order valence-electron chi connectivity index (χ2n) is 7.36. The van der Waals surface area contributed by atoms with E-state index in [-0.39, 0.29) is 11.9 Å². The summed E-state index contributed by atoms with van der Waals surface area (Å²) in [6.07, 6.45) is -0.752. The Morgan fingerprint density at radius 1 is 1.13 bits per heavy atom. The molecule has 1 heterocycles. The van der Waals surface area contributed by atoms with Gasteiger partial charge >= 0.3 is 0 Å². The highest BCUT2D eigenvalue weighted by Gasteiger charge is 2.19. The van der Waals surface area contributed by atoms with Crippen LogP contribution in [0, 0.1) is 6.92 Å². The molecule has 4 N–H and O–H groups in total. The van der Waals surface area contributed by atoms with E-state index >= 15 is 0 Å². The normalized spacial score (nSPS) is 12.6. The summed E-state index contributed by atoms with van der Waals surface area (Å²) in [4.78, 5) is 17.4. The molecule has 31 heavy (non-hydrogen) atoms. The van der Waals surface area contributed by atoms with Crippen molar-refractivity contribution >= 4 is 29.9 Å². The molecule has 0 spiro atoms. The fourth-order valence-electron chi connectivity index (χ4n) is 2.93. The van der Waals surface area contributed by atoms with Gasteiger partial charge in [0.15, 0.2) is 6.10 Å².